The van der Waals surface area contributed by atoms with Gasteiger partial charge >= 0.3 is 12.1 Å². The van der Waals surface area contributed by atoms with E-state index in [0.29, 0.717) is 13.2 Å². The lowest BCUT2D eigenvalue weighted by Crippen LogP contribution is -2.50. The molecule has 0 aliphatic heterocycles. The predicted molar refractivity (Wildman–Crippen MR) is 129 cm³/mol. The van der Waals surface area contributed by atoms with Crippen molar-refractivity contribution >= 4 is 12.1 Å². The van der Waals surface area contributed by atoms with E-state index in [0.717, 1.165) is 12.8 Å². The van der Waals surface area contributed by atoms with Gasteiger partial charge in [-0.15, -0.1) is 0 Å². The fourth-order valence-corrected chi connectivity index (χ4v) is 3.41. The second-order valence-corrected chi connectivity index (χ2v) is 10.3. The third-order valence-electron chi connectivity index (χ3n) is 5.40. The van der Waals surface area contributed by atoms with Crippen molar-refractivity contribution in [3.63, 3.8) is 0 Å². The Kier molecular flexibility index (Phi) is 17.6. The number of esters is 1. The molecule has 0 aliphatic rings. The monoisotopic (exact) mass is 441 g/mol. The minimum atomic E-state index is -0.714. The molecule has 184 valence electrons. The smallest absolute Gasteiger partial charge is 0.407 e. The quantitative estimate of drug-likeness (QED) is 0.177. The molecule has 5 heteroatoms. The number of carbonyl (C=O) groups is 2. The van der Waals surface area contributed by atoms with Crippen LogP contribution in [0.5, 0.6) is 0 Å². The van der Waals surface area contributed by atoms with E-state index in [9.17, 15) is 9.59 Å². The van der Waals surface area contributed by atoms with E-state index in [4.69, 9.17) is 9.47 Å². The number of rotatable bonds is 18. The molecule has 0 rings (SSSR count). The van der Waals surface area contributed by atoms with Crippen LogP contribution in [-0.2, 0) is 14.3 Å². The molecule has 0 fully saturated rings. The van der Waals surface area contributed by atoms with Crippen molar-refractivity contribution in [2.45, 2.75) is 131 Å². The van der Waals surface area contributed by atoms with Gasteiger partial charge < -0.3 is 14.8 Å². The van der Waals surface area contributed by atoms with Crippen molar-refractivity contribution in [3.05, 3.63) is 0 Å². The molecule has 31 heavy (non-hydrogen) atoms. The molecule has 1 unspecified atom stereocenters. The Morgan fingerprint density at radius 3 is 1.61 bits per heavy atom. The summed E-state index contributed by atoms with van der Waals surface area (Å²) in [4.78, 5) is 24.5. The summed E-state index contributed by atoms with van der Waals surface area (Å²) in [5.41, 5.74) is -0.441. The van der Waals surface area contributed by atoms with Gasteiger partial charge in [0.1, 0.15) is 6.04 Å². The lowest BCUT2D eigenvalue weighted by Gasteiger charge is -2.29. The van der Waals surface area contributed by atoms with Gasteiger partial charge in [-0.2, -0.15) is 0 Å². The van der Waals surface area contributed by atoms with Crippen molar-refractivity contribution < 1.29 is 19.1 Å². The number of unbranched alkanes of at least 4 members (excludes halogenated alkanes) is 12. The summed E-state index contributed by atoms with van der Waals surface area (Å²) in [5, 5.41) is 2.68. The maximum Gasteiger partial charge on any atom is 0.407 e. The summed E-state index contributed by atoms with van der Waals surface area (Å²) in [5.74, 6) is -0.130. The molecule has 0 heterocycles. The highest BCUT2D eigenvalue weighted by Crippen LogP contribution is 2.21. The van der Waals surface area contributed by atoms with Crippen LogP contribution in [0, 0.1) is 11.3 Å². The zero-order valence-corrected chi connectivity index (χ0v) is 21.4. The molecule has 0 radical (unpaired) electrons. The third-order valence-corrected chi connectivity index (χ3v) is 5.40. The fourth-order valence-electron chi connectivity index (χ4n) is 3.41. The highest BCUT2D eigenvalue weighted by atomic mass is 16.6. The van der Waals surface area contributed by atoms with Crippen LogP contribution in [0.15, 0.2) is 0 Å². The minimum Gasteiger partial charge on any atom is -0.464 e. The van der Waals surface area contributed by atoms with Gasteiger partial charge in [-0.25, -0.2) is 9.59 Å². The van der Waals surface area contributed by atoms with E-state index in [1.807, 2.05) is 34.6 Å². The standard InChI is InChI=1S/C26H51NO4/c1-7-8-9-10-11-12-13-14-15-16-17-18-19-20-30-24(28)23(26(4,5)6)27-25(29)31-21-22(2)3/h22-23H,7-21H2,1-6H3,(H,27,29). The average Bonchev–Trinajstić information content (AvgIpc) is 2.69. The number of nitrogens with one attached hydrogen (secondary N) is 1. The van der Waals surface area contributed by atoms with Crippen LogP contribution < -0.4 is 5.32 Å². The molecule has 0 aromatic carbocycles. The zero-order chi connectivity index (χ0) is 23.5. The van der Waals surface area contributed by atoms with Gasteiger partial charge in [-0.1, -0.05) is 119 Å². The second kappa shape index (κ2) is 18.3. The average molecular weight is 442 g/mol. The van der Waals surface area contributed by atoms with Gasteiger partial charge in [0.15, 0.2) is 0 Å². The number of ether oxygens (including phenoxy) is 2. The third kappa shape index (κ3) is 18.1. The van der Waals surface area contributed by atoms with Crippen LogP contribution >= 0.6 is 0 Å². The van der Waals surface area contributed by atoms with E-state index in [1.165, 1.54) is 70.6 Å². The van der Waals surface area contributed by atoms with Crippen LogP contribution in [0.2, 0.25) is 0 Å². The molecule has 0 saturated heterocycles. The number of alkyl carbamates (subject to hydrolysis) is 1. The summed E-state index contributed by atoms with van der Waals surface area (Å²) >= 11 is 0. The summed E-state index contributed by atoms with van der Waals surface area (Å²) < 4.78 is 10.6. The fraction of sp³-hybridized carbons (Fsp3) is 0.923. The SMILES string of the molecule is CCCCCCCCCCCCCCCOC(=O)C(NC(=O)OCC(C)C)C(C)(C)C. The van der Waals surface area contributed by atoms with E-state index < -0.39 is 17.6 Å². The van der Waals surface area contributed by atoms with E-state index in [-0.39, 0.29) is 11.9 Å². The van der Waals surface area contributed by atoms with E-state index in [1.54, 1.807) is 0 Å². The van der Waals surface area contributed by atoms with Crippen LogP contribution in [0.3, 0.4) is 0 Å². The normalized spacial score (nSPS) is 12.6. The van der Waals surface area contributed by atoms with E-state index >= 15 is 0 Å². The molecule has 5 nitrogen and oxygen atoms in total. The highest BCUT2D eigenvalue weighted by molar-refractivity contribution is 5.82. The topological polar surface area (TPSA) is 64.6 Å². The number of carbonyl (C=O) groups excluding carboxylic acids is 2. The first-order valence-corrected chi connectivity index (χ1v) is 12.8. The van der Waals surface area contributed by atoms with Crippen LogP contribution in [0.4, 0.5) is 4.79 Å². The number of hydrogen-bond donors (Lipinski definition) is 1. The van der Waals surface area contributed by atoms with Crippen molar-refractivity contribution in [1.29, 1.82) is 0 Å². The molecule has 0 aliphatic carbocycles. The van der Waals surface area contributed by atoms with Gasteiger partial charge in [0.25, 0.3) is 0 Å². The first-order chi connectivity index (χ1) is 14.7. The summed E-state index contributed by atoms with van der Waals surface area (Å²) in [6, 6.07) is -0.714. The molecule has 1 N–H and O–H groups in total. The Hall–Kier alpha value is -1.26. The first-order valence-electron chi connectivity index (χ1n) is 12.8. The van der Waals surface area contributed by atoms with Gasteiger partial charge in [0.2, 0.25) is 0 Å². The van der Waals surface area contributed by atoms with Crippen LogP contribution in [-0.4, -0.2) is 31.3 Å². The number of hydrogen-bond acceptors (Lipinski definition) is 4. The van der Waals surface area contributed by atoms with Gasteiger partial charge in [-0.3, -0.25) is 0 Å². The van der Waals surface area contributed by atoms with Crippen molar-refractivity contribution in [3.8, 4) is 0 Å². The van der Waals surface area contributed by atoms with Crippen LogP contribution in [0.25, 0.3) is 0 Å². The van der Waals surface area contributed by atoms with Crippen molar-refractivity contribution in [2.24, 2.45) is 11.3 Å². The Morgan fingerprint density at radius 2 is 1.19 bits per heavy atom. The van der Waals surface area contributed by atoms with Crippen molar-refractivity contribution in [2.75, 3.05) is 13.2 Å². The van der Waals surface area contributed by atoms with Gasteiger partial charge in [-0.05, 0) is 17.8 Å². The summed E-state index contributed by atoms with van der Waals surface area (Å²) in [6.07, 6.45) is 16.1. The maximum atomic E-state index is 12.5. The largest absolute Gasteiger partial charge is 0.464 e. The Balaban J connectivity index is 3.83. The lowest BCUT2D eigenvalue weighted by molar-refractivity contribution is -0.149. The number of amides is 1. The Morgan fingerprint density at radius 1 is 0.742 bits per heavy atom. The van der Waals surface area contributed by atoms with Gasteiger partial charge in [0.05, 0.1) is 13.2 Å². The van der Waals surface area contributed by atoms with Gasteiger partial charge in [0, 0.05) is 0 Å². The molecule has 0 aromatic heterocycles. The van der Waals surface area contributed by atoms with Crippen molar-refractivity contribution in [1.82, 2.24) is 5.32 Å². The van der Waals surface area contributed by atoms with E-state index in [2.05, 4.69) is 12.2 Å². The molecule has 0 spiro atoms. The Bertz CT molecular complexity index is 457. The summed E-state index contributed by atoms with van der Waals surface area (Å²) in [7, 11) is 0. The molecule has 1 amide bonds. The predicted octanol–water partition coefficient (Wildman–Crippen LogP) is 7.42. The lowest BCUT2D eigenvalue weighted by atomic mass is 9.87. The molecular formula is C26H51NO4. The highest BCUT2D eigenvalue weighted by Gasteiger charge is 2.34. The zero-order valence-electron chi connectivity index (χ0n) is 21.4. The molecule has 0 bridgehead atoms. The first kappa shape index (κ1) is 29.7. The minimum absolute atomic E-state index is 0.251. The molecule has 0 saturated carbocycles. The molecule has 1 atom stereocenters. The summed E-state index contributed by atoms with van der Waals surface area (Å²) in [6.45, 7) is 12.7. The second-order valence-electron chi connectivity index (χ2n) is 10.3. The van der Waals surface area contributed by atoms with Crippen LogP contribution in [0.1, 0.15) is 125 Å². The maximum absolute atomic E-state index is 12.5. The molecular weight excluding hydrogens is 390 g/mol. The molecule has 0 aromatic rings. The Labute approximate surface area is 192 Å².